The number of amides is 2. The molecule has 1 aromatic heterocycles. The Labute approximate surface area is 85.3 Å². The van der Waals surface area contributed by atoms with Crippen LogP contribution >= 0.6 is 11.3 Å². The van der Waals surface area contributed by atoms with E-state index in [1.54, 1.807) is 17.5 Å². The molecule has 0 atom stereocenters. The number of carbonyl (C=O) groups is 2. The minimum absolute atomic E-state index is 0.0300. The molecule has 2 amide bonds. The maximum absolute atomic E-state index is 11.1. The SMILES string of the molecule is Cc1ncc(C2CC(=O)NC(=O)C2)s1. The molecule has 1 aromatic rings. The first kappa shape index (κ1) is 9.33. The first-order valence-electron chi connectivity index (χ1n) is 4.40. The number of nitrogens with zero attached hydrogens (tertiary/aromatic N) is 1. The molecule has 0 spiro atoms. The van der Waals surface area contributed by atoms with Gasteiger partial charge in [-0.2, -0.15) is 0 Å². The van der Waals surface area contributed by atoms with Crippen molar-refractivity contribution in [3.05, 3.63) is 16.1 Å². The van der Waals surface area contributed by atoms with Gasteiger partial charge < -0.3 is 0 Å². The number of aromatic nitrogens is 1. The highest BCUT2D eigenvalue weighted by molar-refractivity contribution is 7.11. The molecule has 0 unspecified atom stereocenters. The van der Waals surface area contributed by atoms with E-state index < -0.39 is 0 Å². The molecule has 4 nitrogen and oxygen atoms in total. The zero-order valence-electron chi connectivity index (χ0n) is 7.74. The third kappa shape index (κ3) is 1.82. The third-order valence-electron chi connectivity index (χ3n) is 2.18. The zero-order valence-corrected chi connectivity index (χ0v) is 8.56. The molecule has 1 fully saturated rings. The van der Waals surface area contributed by atoms with Gasteiger partial charge in [0.1, 0.15) is 0 Å². The molecule has 0 saturated carbocycles. The fourth-order valence-corrected chi connectivity index (χ4v) is 2.43. The second-order valence-electron chi connectivity index (χ2n) is 3.36. The van der Waals surface area contributed by atoms with Crippen molar-refractivity contribution in [3.8, 4) is 0 Å². The van der Waals surface area contributed by atoms with Crippen LogP contribution in [-0.2, 0) is 9.59 Å². The van der Waals surface area contributed by atoms with Crippen LogP contribution in [0.4, 0.5) is 0 Å². The summed E-state index contributed by atoms with van der Waals surface area (Å²) in [7, 11) is 0. The van der Waals surface area contributed by atoms with Crippen LogP contribution < -0.4 is 5.32 Å². The van der Waals surface area contributed by atoms with E-state index >= 15 is 0 Å². The first-order valence-corrected chi connectivity index (χ1v) is 5.22. The lowest BCUT2D eigenvalue weighted by Gasteiger charge is -2.18. The van der Waals surface area contributed by atoms with E-state index in [0.29, 0.717) is 12.8 Å². The molecule has 0 aromatic carbocycles. The van der Waals surface area contributed by atoms with Crippen molar-refractivity contribution in [3.63, 3.8) is 0 Å². The number of hydrogen-bond donors (Lipinski definition) is 1. The summed E-state index contributed by atoms with van der Waals surface area (Å²) in [5.74, 6) is -0.336. The normalized spacial score (nSPS) is 18.4. The van der Waals surface area contributed by atoms with Gasteiger partial charge in [0.05, 0.1) is 5.01 Å². The van der Waals surface area contributed by atoms with Crippen molar-refractivity contribution in [1.29, 1.82) is 0 Å². The highest BCUT2D eigenvalue weighted by atomic mass is 32.1. The van der Waals surface area contributed by atoms with E-state index in [4.69, 9.17) is 0 Å². The number of imide groups is 1. The summed E-state index contributed by atoms with van der Waals surface area (Å²) >= 11 is 1.55. The van der Waals surface area contributed by atoms with Gasteiger partial charge in [-0.15, -0.1) is 11.3 Å². The van der Waals surface area contributed by atoms with E-state index in [0.717, 1.165) is 9.88 Å². The van der Waals surface area contributed by atoms with Crippen LogP contribution in [0.1, 0.15) is 28.6 Å². The molecular formula is C9H10N2O2S. The van der Waals surface area contributed by atoms with E-state index in [1.165, 1.54) is 0 Å². The summed E-state index contributed by atoms with van der Waals surface area (Å²) < 4.78 is 0. The molecule has 2 heterocycles. The largest absolute Gasteiger partial charge is 0.296 e. The summed E-state index contributed by atoms with van der Waals surface area (Å²) in [5.41, 5.74) is 0. The average molecular weight is 210 g/mol. The number of rotatable bonds is 1. The number of aryl methyl sites for hydroxylation is 1. The Kier molecular flexibility index (Phi) is 2.33. The van der Waals surface area contributed by atoms with Gasteiger partial charge in [0.25, 0.3) is 0 Å². The Morgan fingerprint density at radius 3 is 2.57 bits per heavy atom. The van der Waals surface area contributed by atoms with Crippen LogP contribution in [0.15, 0.2) is 6.20 Å². The minimum Gasteiger partial charge on any atom is -0.296 e. The minimum atomic E-state index is -0.183. The van der Waals surface area contributed by atoms with Crippen LogP contribution in [0, 0.1) is 6.92 Å². The van der Waals surface area contributed by atoms with Crippen molar-refractivity contribution in [1.82, 2.24) is 10.3 Å². The monoisotopic (exact) mass is 210 g/mol. The van der Waals surface area contributed by atoms with E-state index in [2.05, 4.69) is 10.3 Å². The molecule has 1 aliphatic rings. The van der Waals surface area contributed by atoms with Crippen LogP contribution in [0.3, 0.4) is 0 Å². The Morgan fingerprint density at radius 1 is 1.43 bits per heavy atom. The quantitative estimate of drug-likeness (QED) is 0.703. The summed E-state index contributed by atoms with van der Waals surface area (Å²) in [4.78, 5) is 27.4. The second-order valence-corrected chi connectivity index (χ2v) is 4.62. The third-order valence-corrected chi connectivity index (χ3v) is 3.26. The summed E-state index contributed by atoms with van der Waals surface area (Å²) in [6, 6.07) is 0. The van der Waals surface area contributed by atoms with Crippen molar-refractivity contribution in [2.75, 3.05) is 0 Å². The summed E-state index contributed by atoms with van der Waals surface area (Å²) in [5, 5.41) is 3.26. The predicted octanol–water partition coefficient (Wildman–Crippen LogP) is 0.972. The summed E-state index contributed by atoms with van der Waals surface area (Å²) in [6.45, 7) is 1.92. The number of piperidine rings is 1. The topological polar surface area (TPSA) is 59.1 Å². The smallest absolute Gasteiger partial charge is 0.227 e. The number of carbonyl (C=O) groups excluding carboxylic acids is 2. The Balaban J connectivity index is 2.18. The van der Waals surface area contributed by atoms with Gasteiger partial charge in [-0.25, -0.2) is 4.98 Å². The molecule has 1 N–H and O–H groups in total. The molecule has 1 aliphatic heterocycles. The van der Waals surface area contributed by atoms with E-state index in [9.17, 15) is 9.59 Å². The maximum atomic E-state index is 11.1. The second kappa shape index (κ2) is 3.49. The lowest BCUT2D eigenvalue weighted by Crippen LogP contribution is -2.37. The molecule has 14 heavy (non-hydrogen) atoms. The van der Waals surface area contributed by atoms with Gasteiger partial charge >= 0.3 is 0 Å². The Hall–Kier alpha value is -1.23. The Morgan fingerprint density at radius 2 is 2.07 bits per heavy atom. The fourth-order valence-electron chi connectivity index (χ4n) is 1.55. The van der Waals surface area contributed by atoms with Gasteiger partial charge in [0, 0.05) is 29.8 Å². The molecule has 0 bridgehead atoms. The maximum Gasteiger partial charge on any atom is 0.227 e. The van der Waals surface area contributed by atoms with Crippen molar-refractivity contribution in [2.45, 2.75) is 25.7 Å². The van der Waals surface area contributed by atoms with E-state index in [1.807, 2.05) is 6.92 Å². The predicted molar refractivity (Wildman–Crippen MR) is 52.0 cm³/mol. The van der Waals surface area contributed by atoms with Crippen LogP contribution in [0.2, 0.25) is 0 Å². The van der Waals surface area contributed by atoms with Crippen molar-refractivity contribution in [2.24, 2.45) is 0 Å². The van der Waals surface area contributed by atoms with Crippen molar-refractivity contribution >= 4 is 23.2 Å². The molecule has 2 rings (SSSR count). The van der Waals surface area contributed by atoms with Gasteiger partial charge in [0.2, 0.25) is 11.8 Å². The Bertz CT molecular complexity index is 370. The molecule has 1 saturated heterocycles. The van der Waals surface area contributed by atoms with Gasteiger partial charge in [-0.1, -0.05) is 0 Å². The van der Waals surface area contributed by atoms with Gasteiger partial charge in [-0.3, -0.25) is 14.9 Å². The number of nitrogens with one attached hydrogen (secondary N) is 1. The molecule has 0 radical (unpaired) electrons. The fraction of sp³-hybridized carbons (Fsp3) is 0.444. The van der Waals surface area contributed by atoms with Crippen LogP contribution in [0.5, 0.6) is 0 Å². The van der Waals surface area contributed by atoms with Crippen LogP contribution in [0.25, 0.3) is 0 Å². The van der Waals surface area contributed by atoms with Gasteiger partial charge in [0.15, 0.2) is 0 Å². The highest BCUT2D eigenvalue weighted by Crippen LogP contribution is 2.29. The molecule has 0 aliphatic carbocycles. The number of hydrogen-bond acceptors (Lipinski definition) is 4. The number of thiazole rings is 1. The van der Waals surface area contributed by atoms with Crippen LogP contribution in [-0.4, -0.2) is 16.8 Å². The van der Waals surface area contributed by atoms with E-state index in [-0.39, 0.29) is 17.7 Å². The highest BCUT2D eigenvalue weighted by Gasteiger charge is 2.27. The molecular weight excluding hydrogens is 200 g/mol. The first-order chi connectivity index (χ1) is 6.65. The lowest BCUT2D eigenvalue weighted by atomic mass is 9.96. The van der Waals surface area contributed by atoms with Gasteiger partial charge in [-0.05, 0) is 6.92 Å². The lowest BCUT2D eigenvalue weighted by molar-refractivity contribution is -0.133. The molecule has 5 heteroatoms. The molecule has 74 valence electrons. The zero-order chi connectivity index (χ0) is 10.1. The van der Waals surface area contributed by atoms with Crippen molar-refractivity contribution < 1.29 is 9.59 Å². The average Bonchev–Trinajstić information content (AvgIpc) is 2.50. The standard InChI is InChI=1S/C9H10N2O2S/c1-5-10-4-7(14-5)6-2-8(12)11-9(13)3-6/h4,6H,2-3H2,1H3,(H,11,12,13). The summed E-state index contributed by atoms with van der Waals surface area (Å²) in [6.07, 6.45) is 2.55.